The molecule has 1 heterocycles. The number of anilines is 2. The van der Waals surface area contributed by atoms with Crippen LogP contribution in [0.5, 0.6) is 17.2 Å². The number of hydrogen-bond acceptors (Lipinski definition) is 7. The zero-order chi connectivity index (χ0) is 27.2. The molecule has 0 aliphatic carbocycles. The average molecular weight is 573 g/mol. The summed E-state index contributed by atoms with van der Waals surface area (Å²) in [6, 6.07) is 16.1. The molecule has 0 atom stereocenters. The van der Waals surface area contributed by atoms with Crippen LogP contribution in [-0.2, 0) is 9.59 Å². The summed E-state index contributed by atoms with van der Waals surface area (Å²) in [5.74, 6) is -0.296. The van der Waals surface area contributed by atoms with Crippen LogP contribution in [0.1, 0.15) is 12.5 Å². The van der Waals surface area contributed by atoms with Gasteiger partial charge in [0, 0.05) is 0 Å². The second-order valence-corrected chi connectivity index (χ2v) is 9.88. The Morgan fingerprint density at radius 3 is 2.58 bits per heavy atom. The molecule has 3 aromatic rings. The van der Waals surface area contributed by atoms with Crippen LogP contribution in [0, 0.1) is 5.82 Å². The lowest BCUT2D eigenvalue weighted by Crippen LogP contribution is -2.27. The van der Waals surface area contributed by atoms with E-state index < -0.39 is 18.3 Å². The van der Waals surface area contributed by atoms with Crippen LogP contribution in [0.2, 0.25) is 5.02 Å². The van der Waals surface area contributed by atoms with E-state index in [1.807, 2.05) is 0 Å². The molecule has 1 aliphatic rings. The second kappa shape index (κ2) is 12.3. The number of halogens is 2. The third-order valence-corrected chi connectivity index (χ3v) is 6.83. The maximum absolute atomic E-state index is 13.8. The quantitative estimate of drug-likeness (QED) is 0.238. The molecule has 3 aromatic carbocycles. The van der Waals surface area contributed by atoms with E-state index in [1.165, 1.54) is 34.9 Å². The van der Waals surface area contributed by atoms with Crippen molar-refractivity contribution in [1.82, 2.24) is 0 Å². The van der Waals surface area contributed by atoms with E-state index in [0.717, 1.165) is 0 Å². The number of thiocarbonyl (C=S) groups is 1. The SMILES string of the molecule is CCOc1cc(/C=C2\SC(=S)N(c3ccc(OC)cc3)C2=O)cc(Cl)c1OCC(=O)Nc1ccccc1F. The van der Waals surface area contributed by atoms with Gasteiger partial charge in [-0.05, 0) is 67.1 Å². The molecule has 0 unspecified atom stereocenters. The Bertz CT molecular complexity index is 1420. The van der Waals surface area contributed by atoms with Crippen LogP contribution in [0.15, 0.2) is 65.6 Å². The minimum atomic E-state index is -0.570. The fraction of sp³-hybridized carbons (Fsp3) is 0.148. The number of thioether (sulfide) groups is 1. The number of hydrogen-bond donors (Lipinski definition) is 1. The Labute approximate surface area is 233 Å². The smallest absolute Gasteiger partial charge is 0.270 e. The summed E-state index contributed by atoms with van der Waals surface area (Å²) in [6.07, 6.45) is 1.66. The van der Waals surface area contributed by atoms with Crippen molar-refractivity contribution < 1.29 is 28.2 Å². The summed E-state index contributed by atoms with van der Waals surface area (Å²) in [4.78, 5) is 27.3. The lowest BCUT2D eigenvalue weighted by atomic mass is 10.1. The van der Waals surface area contributed by atoms with Gasteiger partial charge < -0.3 is 19.5 Å². The minimum absolute atomic E-state index is 0.0412. The molecule has 1 aliphatic heterocycles. The Hall–Kier alpha value is -3.60. The van der Waals surface area contributed by atoms with E-state index in [-0.39, 0.29) is 28.1 Å². The molecule has 0 saturated carbocycles. The van der Waals surface area contributed by atoms with Crippen molar-refractivity contribution in [3.8, 4) is 17.2 Å². The fourth-order valence-corrected chi connectivity index (χ4v) is 5.11. The molecular weight excluding hydrogens is 551 g/mol. The van der Waals surface area contributed by atoms with Gasteiger partial charge in [0.25, 0.3) is 11.8 Å². The normalized spacial score (nSPS) is 14.1. The van der Waals surface area contributed by atoms with Crippen LogP contribution < -0.4 is 24.4 Å². The van der Waals surface area contributed by atoms with Crippen LogP contribution >= 0.6 is 35.6 Å². The first-order valence-electron chi connectivity index (χ1n) is 11.4. The van der Waals surface area contributed by atoms with Gasteiger partial charge in [0.2, 0.25) is 0 Å². The van der Waals surface area contributed by atoms with E-state index >= 15 is 0 Å². The summed E-state index contributed by atoms with van der Waals surface area (Å²) in [7, 11) is 1.57. The van der Waals surface area contributed by atoms with Gasteiger partial charge in [0.15, 0.2) is 22.4 Å². The van der Waals surface area contributed by atoms with Gasteiger partial charge in [-0.1, -0.05) is 47.7 Å². The van der Waals surface area contributed by atoms with Crippen molar-refractivity contribution in [2.75, 3.05) is 30.5 Å². The highest BCUT2D eigenvalue weighted by Gasteiger charge is 2.33. The van der Waals surface area contributed by atoms with Crippen LogP contribution in [0.3, 0.4) is 0 Å². The zero-order valence-electron chi connectivity index (χ0n) is 20.3. The van der Waals surface area contributed by atoms with Crippen molar-refractivity contribution >= 4 is 69.2 Å². The number of carbonyl (C=O) groups is 2. The molecule has 7 nitrogen and oxygen atoms in total. The van der Waals surface area contributed by atoms with Gasteiger partial charge in [-0.3, -0.25) is 14.5 Å². The Balaban J connectivity index is 1.52. The van der Waals surface area contributed by atoms with Gasteiger partial charge >= 0.3 is 0 Å². The molecule has 0 aromatic heterocycles. The summed E-state index contributed by atoms with van der Waals surface area (Å²) < 4.78 is 30.7. The number of benzene rings is 3. The molecule has 38 heavy (non-hydrogen) atoms. The standard InChI is InChI=1S/C27H22ClFN2O5S2/c1-3-35-22-13-16(12-19(28)25(22)36-15-24(32)30-21-7-5-4-6-20(21)29)14-23-26(33)31(27(37)38-23)17-8-10-18(34-2)11-9-17/h4-14H,3,15H2,1-2H3,(H,30,32)/b23-14-. The fourth-order valence-electron chi connectivity index (χ4n) is 3.53. The number of rotatable bonds is 9. The number of para-hydroxylation sites is 1. The first-order valence-corrected chi connectivity index (χ1v) is 13.0. The van der Waals surface area contributed by atoms with Gasteiger partial charge in [-0.15, -0.1) is 0 Å². The topological polar surface area (TPSA) is 77.1 Å². The zero-order valence-corrected chi connectivity index (χ0v) is 22.7. The molecule has 0 radical (unpaired) electrons. The first-order chi connectivity index (χ1) is 18.3. The van der Waals surface area contributed by atoms with E-state index in [0.29, 0.717) is 32.8 Å². The van der Waals surface area contributed by atoms with Gasteiger partial charge in [-0.25, -0.2) is 4.39 Å². The molecular formula is C27H22ClFN2O5S2. The van der Waals surface area contributed by atoms with Crippen molar-refractivity contribution in [1.29, 1.82) is 0 Å². The molecule has 0 spiro atoms. The van der Waals surface area contributed by atoms with Gasteiger partial charge in [0.05, 0.1) is 35.0 Å². The molecule has 2 amide bonds. The lowest BCUT2D eigenvalue weighted by molar-refractivity contribution is -0.118. The number of nitrogens with zero attached hydrogens (tertiary/aromatic N) is 1. The number of ether oxygens (including phenoxy) is 3. The molecule has 1 saturated heterocycles. The lowest BCUT2D eigenvalue weighted by Gasteiger charge is -2.15. The van der Waals surface area contributed by atoms with Crippen molar-refractivity contribution in [2.45, 2.75) is 6.92 Å². The Morgan fingerprint density at radius 2 is 1.89 bits per heavy atom. The predicted octanol–water partition coefficient (Wildman–Crippen LogP) is 6.31. The number of nitrogens with one attached hydrogen (secondary N) is 1. The molecule has 11 heteroatoms. The van der Waals surface area contributed by atoms with Crippen molar-refractivity contribution in [3.63, 3.8) is 0 Å². The maximum atomic E-state index is 13.8. The van der Waals surface area contributed by atoms with Crippen LogP contribution in [0.4, 0.5) is 15.8 Å². The summed E-state index contributed by atoms with van der Waals surface area (Å²) in [6.45, 7) is 1.67. The number of amides is 2. The number of carbonyl (C=O) groups excluding carboxylic acids is 2. The predicted molar refractivity (Wildman–Crippen MR) is 152 cm³/mol. The third kappa shape index (κ3) is 6.27. The van der Waals surface area contributed by atoms with Crippen molar-refractivity contribution in [3.05, 3.63) is 82.0 Å². The molecule has 1 N–H and O–H groups in total. The van der Waals surface area contributed by atoms with E-state index in [9.17, 15) is 14.0 Å². The van der Waals surface area contributed by atoms with Gasteiger partial charge in [-0.2, -0.15) is 0 Å². The minimum Gasteiger partial charge on any atom is -0.497 e. The van der Waals surface area contributed by atoms with Gasteiger partial charge in [0.1, 0.15) is 11.6 Å². The molecule has 4 rings (SSSR count). The summed E-state index contributed by atoms with van der Waals surface area (Å²) >= 11 is 13.1. The maximum Gasteiger partial charge on any atom is 0.270 e. The molecule has 1 fully saturated rings. The first kappa shape index (κ1) is 27.4. The average Bonchev–Trinajstić information content (AvgIpc) is 3.17. The summed E-state index contributed by atoms with van der Waals surface area (Å²) in [5, 5.41) is 2.62. The van der Waals surface area contributed by atoms with E-state index in [4.69, 9.17) is 38.0 Å². The summed E-state index contributed by atoms with van der Waals surface area (Å²) in [5.41, 5.74) is 1.25. The van der Waals surface area contributed by atoms with Crippen LogP contribution in [0.25, 0.3) is 6.08 Å². The van der Waals surface area contributed by atoms with E-state index in [1.54, 1.807) is 62.6 Å². The monoisotopic (exact) mass is 572 g/mol. The van der Waals surface area contributed by atoms with E-state index in [2.05, 4.69) is 5.32 Å². The Kier molecular flexibility index (Phi) is 8.88. The highest BCUT2D eigenvalue weighted by Crippen LogP contribution is 2.40. The molecule has 196 valence electrons. The molecule has 0 bridgehead atoms. The Morgan fingerprint density at radius 1 is 1.16 bits per heavy atom. The largest absolute Gasteiger partial charge is 0.497 e. The second-order valence-electron chi connectivity index (χ2n) is 7.79. The van der Waals surface area contributed by atoms with Crippen molar-refractivity contribution in [2.24, 2.45) is 0 Å². The highest BCUT2D eigenvalue weighted by molar-refractivity contribution is 8.27. The number of methoxy groups -OCH3 is 1. The van der Waals surface area contributed by atoms with Crippen LogP contribution in [-0.4, -0.2) is 36.5 Å². The highest BCUT2D eigenvalue weighted by atomic mass is 35.5. The third-order valence-electron chi connectivity index (χ3n) is 5.25.